The highest BCUT2D eigenvalue weighted by Gasteiger charge is 2.33. The second kappa shape index (κ2) is 11.3. The lowest BCUT2D eigenvalue weighted by Crippen LogP contribution is -2.33. The quantitative estimate of drug-likeness (QED) is 0.388. The molecule has 2 aliphatic rings. The van der Waals surface area contributed by atoms with Gasteiger partial charge in [-0.15, -0.1) is 13.2 Å². The molecule has 0 spiro atoms. The Morgan fingerprint density at radius 2 is 1.74 bits per heavy atom. The molecule has 1 aromatic carbocycles. The summed E-state index contributed by atoms with van der Waals surface area (Å²) in [5.41, 5.74) is 0.298. The molecule has 0 radical (unpaired) electrons. The van der Waals surface area contributed by atoms with Gasteiger partial charge in [0.2, 0.25) is 0 Å². The normalized spacial score (nSPS) is 27.5. The molecule has 0 N–H and O–H groups in total. The van der Waals surface area contributed by atoms with Gasteiger partial charge in [0.05, 0.1) is 26.4 Å². The van der Waals surface area contributed by atoms with Gasteiger partial charge >= 0.3 is 6.36 Å². The third-order valence-electron chi connectivity index (χ3n) is 5.09. The van der Waals surface area contributed by atoms with Crippen molar-refractivity contribution >= 4 is 0 Å². The number of alkyl halides is 3. The van der Waals surface area contributed by atoms with Crippen molar-refractivity contribution in [2.45, 2.75) is 51.5 Å². The summed E-state index contributed by atoms with van der Waals surface area (Å²) < 4.78 is 77.1. The first-order valence-electron chi connectivity index (χ1n) is 10.5. The third kappa shape index (κ3) is 7.75. The Morgan fingerprint density at radius 1 is 1.03 bits per heavy atom. The fraction of sp³-hybridized carbons (Fsp3) is 0.636. The standard InChI is InChI=1S/C22H28F4O5/c1-2-3-4-5-15-11-27-20(28-12-15)9-6-16-13-29-21(30-14-16)17-7-8-19(18(23)10-17)31-22(24,25)26/h4-5,7-8,10,15-16,20-21H,2-3,6,9,11-14H2,1H3/t15-,16-,20-,21-. The van der Waals surface area contributed by atoms with Crippen molar-refractivity contribution in [2.75, 3.05) is 26.4 Å². The fourth-order valence-corrected chi connectivity index (χ4v) is 3.44. The molecule has 0 atom stereocenters. The lowest BCUT2D eigenvalue weighted by atomic mass is 10.0. The maximum absolute atomic E-state index is 13.9. The van der Waals surface area contributed by atoms with E-state index in [0.29, 0.717) is 44.3 Å². The van der Waals surface area contributed by atoms with Crippen LogP contribution >= 0.6 is 0 Å². The van der Waals surface area contributed by atoms with Gasteiger partial charge in [-0.25, -0.2) is 4.39 Å². The molecule has 174 valence electrons. The van der Waals surface area contributed by atoms with Crippen molar-refractivity contribution in [3.8, 4) is 5.75 Å². The Balaban J connectivity index is 1.38. The molecule has 31 heavy (non-hydrogen) atoms. The monoisotopic (exact) mass is 448 g/mol. The van der Waals surface area contributed by atoms with E-state index in [1.54, 1.807) is 0 Å². The van der Waals surface area contributed by atoms with Gasteiger partial charge in [0, 0.05) is 17.4 Å². The first-order valence-corrected chi connectivity index (χ1v) is 10.5. The Labute approximate surface area is 179 Å². The molecule has 0 unspecified atom stereocenters. The molecular weight excluding hydrogens is 420 g/mol. The van der Waals surface area contributed by atoms with Crippen LogP contribution in [0, 0.1) is 17.7 Å². The van der Waals surface area contributed by atoms with E-state index in [2.05, 4.69) is 23.8 Å². The fourth-order valence-electron chi connectivity index (χ4n) is 3.44. The van der Waals surface area contributed by atoms with E-state index in [4.69, 9.17) is 18.9 Å². The summed E-state index contributed by atoms with van der Waals surface area (Å²) in [6.07, 6.45) is 1.94. The number of allylic oxidation sites excluding steroid dienone is 1. The summed E-state index contributed by atoms with van der Waals surface area (Å²) in [5, 5.41) is 0. The van der Waals surface area contributed by atoms with Gasteiger partial charge in [0.25, 0.3) is 0 Å². The molecule has 5 nitrogen and oxygen atoms in total. The Kier molecular flexibility index (Phi) is 8.71. The van der Waals surface area contributed by atoms with Crippen molar-refractivity contribution in [3.63, 3.8) is 0 Å². The smallest absolute Gasteiger partial charge is 0.403 e. The van der Waals surface area contributed by atoms with E-state index in [1.165, 1.54) is 6.07 Å². The molecule has 2 fully saturated rings. The van der Waals surface area contributed by atoms with Gasteiger partial charge in [-0.2, -0.15) is 0 Å². The summed E-state index contributed by atoms with van der Waals surface area (Å²) in [6, 6.07) is 3.14. The van der Waals surface area contributed by atoms with E-state index in [-0.39, 0.29) is 12.2 Å². The Bertz CT molecular complexity index is 708. The molecule has 9 heteroatoms. The largest absolute Gasteiger partial charge is 0.573 e. The zero-order valence-electron chi connectivity index (χ0n) is 17.4. The predicted octanol–water partition coefficient (Wildman–Crippen LogP) is 5.51. The second-order valence-electron chi connectivity index (χ2n) is 7.75. The summed E-state index contributed by atoms with van der Waals surface area (Å²) >= 11 is 0. The number of ether oxygens (including phenoxy) is 5. The molecule has 0 saturated carbocycles. The summed E-state index contributed by atoms with van der Waals surface area (Å²) in [4.78, 5) is 0. The van der Waals surface area contributed by atoms with Crippen molar-refractivity contribution in [2.24, 2.45) is 11.8 Å². The van der Waals surface area contributed by atoms with Crippen LogP contribution in [-0.4, -0.2) is 39.1 Å². The van der Waals surface area contributed by atoms with Gasteiger partial charge in [0.15, 0.2) is 24.1 Å². The van der Waals surface area contributed by atoms with E-state index in [1.807, 2.05) is 0 Å². The zero-order valence-corrected chi connectivity index (χ0v) is 17.4. The molecule has 2 aliphatic heterocycles. The first-order chi connectivity index (χ1) is 14.8. The van der Waals surface area contributed by atoms with Crippen molar-refractivity contribution in [1.29, 1.82) is 0 Å². The highest BCUT2D eigenvalue weighted by atomic mass is 19.4. The maximum atomic E-state index is 13.9. The molecule has 1 aromatic rings. The lowest BCUT2D eigenvalue weighted by molar-refractivity contribution is -0.275. The van der Waals surface area contributed by atoms with Gasteiger partial charge < -0.3 is 23.7 Å². The first kappa shape index (κ1) is 24.0. The summed E-state index contributed by atoms with van der Waals surface area (Å²) in [5.74, 6) is -1.60. The van der Waals surface area contributed by atoms with E-state index >= 15 is 0 Å². The van der Waals surface area contributed by atoms with Crippen LogP contribution in [0.25, 0.3) is 0 Å². The van der Waals surface area contributed by atoms with E-state index in [0.717, 1.165) is 31.4 Å². The van der Waals surface area contributed by atoms with Crippen molar-refractivity contribution in [3.05, 3.63) is 41.7 Å². The average molecular weight is 448 g/mol. The third-order valence-corrected chi connectivity index (χ3v) is 5.09. The minimum Gasteiger partial charge on any atom is -0.403 e. The van der Waals surface area contributed by atoms with Gasteiger partial charge in [-0.1, -0.05) is 31.6 Å². The van der Waals surface area contributed by atoms with Crippen LogP contribution in [0.4, 0.5) is 17.6 Å². The van der Waals surface area contributed by atoms with Gasteiger partial charge in [-0.05, 0) is 31.4 Å². The molecule has 2 saturated heterocycles. The van der Waals surface area contributed by atoms with Crippen LogP contribution in [-0.2, 0) is 18.9 Å². The van der Waals surface area contributed by atoms with Crippen LogP contribution < -0.4 is 4.74 Å². The highest BCUT2D eigenvalue weighted by molar-refractivity contribution is 5.30. The summed E-state index contributed by atoms with van der Waals surface area (Å²) in [7, 11) is 0. The number of hydrogen-bond donors (Lipinski definition) is 0. The van der Waals surface area contributed by atoms with Crippen molar-refractivity contribution in [1.82, 2.24) is 0 Å². The molecule has 0 aliphatic carbocycles. The van der Waals surface area contributed by atoms with Crippen LogP contribution in [0.2, 0.25) is 0 Å². The molecule has 2 heterocycles. The topological polar surface area (TPSA) is 46.2 Å². The minimum absolute atomic E-state index is 0.128. The maximum Gasteiger partial charge on any atom is 0.573 e. The number of rotatable bonds is 8. The SMILES string of the molecule is CCCC=C[C@H]1CO[C@H](CC[C@H]2CO[C@H](c3ccc(OC(F)(F)F)c(F)c3)OC2)OC1. The zero-order chi connectivity index (χ0) is 22.3. The van der Waals surface area contributed by atoms with Crippen LogP contribution in [0.15, 0.2) is 30.4 Å². The molecule has 3 rings (SSSR count). The Morgan fingerprint density at radius 3 is 2.35 bits per heavy atom. The number of hydrogen-bond acceptors (Lipinski definition) is 5. The van der Waals surface area contributed by atoms with Crippen molar-refractivity contribution < 1.29 is 41.2 Å². The predicted molar refractivity (Wildman–Crippen MR) is 104 cm³/mol. The number of halogens is 4. The number of unbranched alkanes of at least 4 members (excludes halogenated alkanes) is 1. The second-order valence-corrected chi connectivity index (χ2v) is 7.75. The Hall–Kier alpha value is -1.68. The minimum atomic E-state index is -4.95. The highest BCUT2D eigenvalue weighted by Crippen LogP contribution is 2.32. The molecule has 0 aromatic heterocycles. The average Bonchev–Trinajstić information content (AvgIpc) is 2.74. The molecular formula is C22H28F4O5. The lowest BCUT2D eigenvalue weighted by Gasteiger charge is -2.32. The van der Waals surface area contributed by atoms with E-state index < -0.39 is 24.2 Å². The van der Waals surface area contributed by atoms with Gasteiger partial charge in [-0.3, -0.25) is 0 Å². The van der Waals surface area contributed by atoms with Gasteiger partial charge in [0.1, 0.15) is 0 Å². The van der Waals surface area contributed by atoms with E-state index in [9.17, 15) is 17.6 Å². The molecule has 0 amide bonds. The number of benzene rings is 1. The van der Waals surface area contributed by atoms with Crippen LogP contribution in [0.5, 0.6) is 5.75 Å². The summed E-state index contributed by atoms with van der Waals surface area (Å²) in [6.45, 7) is 4.20. The van der Waals surface area contributed by atoms with Crippen LogP contribution in [0.3, 0.4) is 0 Å². The molecule has 0 bridgehead atoms. The van der Waals surface area contributed by atoms with Crippen LogP contribution in [0.1, 0.15) is 44.5 Å².